The second kappa shape index (κ2) is 8.80. The molecule has 6 nitrogen and oxygen atoms in total. The summed E-state index contributed by atoms with van der Waals surface area (Å²) in [6.45, 7) is 11.4. The Morgan fingerprint density at radius 2 is 1.86 bits per heavy atom. The van der Waals surface area contributed by atoms with Gasteiger partial charge in [-0.1, -0.05) is 40.7 Å². The standard InChI is InChI=1S/C29H35FN2O4/c1-17(2)19(15-33)14-32-23-13-21(30)22(10-18(23)11-26(32)28(3,4)5)31-27(34)29(8-9-29)20-6-7-24-25(12-20)36-16-35-24/h6-7,10-13,17,19,33H,8-9,14-16H2,1-5H3,(H,31,34). The lowest BCUT2D eigenvalue weighted by Gasteiger charge is -2.26. The zero-order valence-electron chi connectivity index (χ0n) is 21.7. The van der Waals surface area contributed by atoms with Gasteiger partial charge in [-0.3, -0.25) is 4.79 Å². The lowest BCUT2D eigenvalue weighted by molar-refractivity contribution is -0.118. The van der Waals surface area contributed by atoms with Gasteiger partial charge in [-0.05, 0) is 48.6 Å². The summed E-state index contributed by atoms with van der Waals surface area (Å²) in [5.41, 5.74) is 2.02. The Hall–Kier alpha value is -3.06. The summed E-state index contributed by atoms with van der Waals surface area (Å²) in [5, 5.41) is 13.7. The Morgan fingerprint density at radius 1 is 1.14 bits per heavy atom. The molecule has 0 spiro atoms. The van der Waals surface area contributed by atoms with Gasteiger partial charge in [-0.25, -0.2) is 4.39 Å². The summed E-state index contributed by atoms with van der Waals surface area (Å²) in [7, 11) is 0. The number of aliphatic hydroxyl groups excluding tert-OH is 1. The van der Waals surface area contributed by atoms with Crippen molar-refractivity contribution in [3.8, 4) is 11.5 Å². The first-order valence-corrected chi connectivity index (χ1v) is 12.7. The van der Waals surface area contributed by atoms with Gasteiger partial charge in [0.25, 0.3) is 0 Å². The summed E-state index contributed by atoms with van der Waals surface area (Å²) < 4.78 is 28.4. The van der Waals surface area contributed by atoms with Gasteiger partial charge in [0.05, 0.1) is 16.6 Å². The number of ether oxygens (including phenoxy) is 2. The normalized spacial score (nSPS) is 17.0. The Balaban J connectivity index is 1.47. The van der Waals surface area contributed by atoms with Crippen LogP contribution in [-0.2, 0) is 22.2 Å². The second-order valence-corrected chi connectivity index (χ2v) is 11.6. The fourth-order valence-electron chi connectivity index (χ4n) is 5.12. The van der Waals surface area contributed by atoms with E-state index in [2.05, 4.69) is 50.6 Å². The number of carbonyl (C=O) groups is 1. The number of rotatable bonds is 7. The Labute approximate surface area is 211 Å². The summed E-state index contributed by atoms with van der Waals surface area (Å²) in [5.74, 6) is 0.969. The molecule has 1 aromatic heterocycles. The topological polar surface area (TPSA) is 72.7 Å². The van der Waals surface area contributed by atoms with Crippen LogP contribution in [0.4, 0.5) is 10.1 Å². The van der Waals surface area contributed by atoms with Gasteiger partial charge in [0, 0.05) is 41.6 Å². The largest absolute Gasteiger partial charge is 0.454 e. The molecule has 36 heavy (non-hydrogen) atoms. The molecule has 3 aromatic rings. The number of nitrogens with one attached hydrogen (secondary N) is 1. The molecule has 1 aliphatic carbocycles. The molecular weight excluding hydrogens is 459 g/mol. The Morgan fingerprint density at radius 3 is 2.50 bits per heavy atom. The molecule has 1 amide bonds. The van der Waals surface area contributed by atoms with Gasteiger partial charge in [0.1, 0.15) is 5.82 Å². The molecule has 0 saturated heterocycles. The lowest BCUT2D eigenvalue weighted by atomic mass is 9.91. The highest BCUT2D eigenvalue weighted by molar-refractivity contribution is 6.02. The van der Waals surface area contributed by atoms with Crippen LogP contribution >= 0.6 is 0 Å². The van der Waals surface area contributed by atoms with Gasteiger partial charge in [-0.2, -0.15) is 0 Å². The van der Waals surface area contributed by atoms with Gasteiger partial charge in [0.2, 0.25) is 12.7 Å². The predicted octanol–water partition coefficient (Wildman–Crippen LogP) is 5.74. The average molecular weight is 495 g/mol. The molecule has 1 saturated carbocycles. The lowest BCUT2D eigenvalue weighted by Crippen LogP contribution is -2.28. The van der Waals surface area contributed by atoms with Crippen LogP contribution in [0.1, 0.15) is 58.7 Å². The van der Waals surface area contributed by atoms with E-state index in [1.54, 1.807) is 6.07 Å². The molecule has 5 rings (SSSR count). The number of hydrogen-bond acceptors (Lipinski definition) is 4. The predicted molar refractivity (Wildman–Crippen MR) is 138 cm³/mol. The number of anilines is 1. The summed E-state index contributed by atoms with van der Waals surface area (Å²) in [4.78, 5) is 13.4. The fourth-order valence-corrected chi connectivity index (χ4v) is 5.12. The quantitative estimate of drug-likeness (QED) is 0.439. The van der Waals surface area contributed by atoms with Crippen LogP contribution in [-0.4, -0.2) is 29.0 Å². The third-order valence-electron chi connectivity index (χ3n) is 7.71. The molecule has 192 valence electrons. The Bertz CT molecular complexity index is 1320. The molecule has 1 fully saturated rings. The molecule has 0 bridgehead atoms. The first-order valence-electron chi connectivity index (χ1n) is 12.7. The average Bonchev–Trinajstić information content (AvgIpc) is 3.37. The van der Waals surface area contributed by atoms with Crippen LogP contribution < -0.4 is 14.8 Å². The third-order valence-corrected chi connectivity index (χ3v) is 7.71. The molecule has 2 aromatic carbocycles. The molecule has 7 heteroatoms. The minimum absolute atomic E-state index is 0.0561. The van der Waals surface area contributed by atoms with E-state index in [1.807, 2.05) is 18.2 Å². The van der Waals surface area contributed by atoms with Crippen LogP contribution in [0.25, 0.3) is 10.9 Å². The van der Waals surface area contributed by atoms with E-state index in [9.17, 15) is 9.90 Å². The summed E-state index contributed by atoms with van der Waals surface area (Å²) >= 11 is 0. The van der Waals surface area contributed by atoms with Crippen LogP contribution in [0.3, 0.4) is 0 Å². The van der Waals surface area contributed by atoms with E-state index in [-0.39, 0.29) is 42.2 Å². The molecular formula is C29H35FN2O4. The van der Waals surface area contributed by atoms with Gasteiger partial charge >= 0.3 is 0 Å². The summed E-state index contributed by atoms with van der Waals surface area (Å²) in [6, 6.07) is 10.9. The maximum absolute atomic E-state index is 15.4. The van der Waals surface area contributed by atoms with Crippen molar-refractivity contribution in [2.75, 3.05) is 18.7 Å². The van der Waals surface area contributed by atoms with Crippen LogP contribution in [0.15, 0.2) is 36.4 Å². The van der Waals surface area contributed by atoms with Crippen molar-refractivity contribution in [1.29, 1.82) is 0 Å². The van der Waals surface area contributed by atoms with Crippen molar-refractivity contribution in [1.82, 2.24) is 4.57 Å². The zero-order chi connectivity index (χ0) is 25.8. The van der Waals surface area contributed by atoms with Gasteiger partial charge < -0.3 is 24.5 Å². The number of amides is 1. The maximum atomic E-state index is 15.4. The molecule has 2 N–H and O–H groups in total. The minimum Gasteiger partial charge on any atom is -0.454 e. The van der Waals surface area contributed by atoms with Gasteiger partial charge in [0.15, 0.2) is 11.5 Å². The van der Waals surface area contributed by atoms with Crippen molar-refractivity contribution >= 4 is 22.5 Å². The molecule has 1 aliphatic heterocycles. The van der Waals surface area contributed by atoms with Crippen LogP contribution in [0.2, 0.25) is 0 Å². The number of aliphatic hydroxyl groups is 1. The maximum Gasteiger partial charge on any atom is 0.235 e. The number of fused-ring (bicyclic) bond motifs is 2. The highest BCUT2D eigenvalue weighted by Gasteiger charge is 2.52. The number of aromatic nitrogens is 1. The van der Waals surface area contributed by atoms with E-state index < -0.39 is 11.2 Å². The Kier molecular flexibility index (Phi) is 6.02. The molecule has 2 aliphatic rings. The second-order valence-electron chi connectivity index (χ2n) is 11.6. The number of hydrogen-bond donors (Lipinski definition) is 2. The van der Waals surface area contributed by atoms with Crippen molar-refractivity contribution in [2.24, 2.45) is 11.8 Å². The van der Waals surface area contributed by atoms with E-state index in [0.717, 1.165) is 22.2 Å². The highest BCUT2D eigenvalue weighted by Crippen LogP contribution is 2.51. The number of halogens is 1. The van der Waals surface area contributed by atoms with E-state index in [1.165, 1.54) is 6.07 Å². The number of carbonyl (C=O) groups excluding carboxylic acids is 1. The third kappa shape index (κ3) is 4.23. The van der Waals surface area contributed by atoms with Crippen molar-refractivity contribution in [2.45, 2.75) is 64.8 Å². The molecule has 0 radical (unpaired) electrons. The van der Waals surface area contributed by atoms with Crippen LogP contribution in [0.5, 0.6) is 11.5 Å². The monoisotopic (exact) mass is 494 g/mol. The first-order chi connectivity index (χ1) is 17.0. The highest BCUT2D eigenvalue weighted by atomic mass is 19.1. The van der Waals surface area contributed by atoms with Crippen LogP contribution in [0, 0.1) is 17.7 Å². The molecule has 1 unspecified atom stereocenters. The first kappa shape index (κ1) is 24.6. The molecule has 2 heterocycles. The number of nitrogens with zero attached hydrogens (tertiary/aromatic N) is 1. The van der Waals surface area contributed by atoms with Crippen molar-refractivity contribution in [3.05, 3.63) is 53.5 Å². The fraction of sp³-hybridized carbons (Fsp3) is 0.483. The number of benzene rings is 2. The molecule has 1 atom stereocenters. The SMILES string of the molecule is CC(C)C(CO)Cn1c(C(C)(C)C)cc2cc(NC(=O)C3(c4ccc5c(c4)OCO5)CC3)c(F)cc21. The smallest absolute Gasteiger partial charge is 0.235 e. The van der Waals surface area contributed by atoms with Gasteiger partial charge in [-0.15, -0.1) is 0 Å². The zero-order valence-corrected chi connectivity index (χ0v) is 21.7. The minimum atomic E-state index is -0.684. The van der Waals surface area contributed by atoms with E-state index in [4.69, 9.17) is 9.47 Å². The van der Waals surface area contributed by atoms with E-state index >= 15 is 4.39 Å². The van der Waals surface area contributed by atoms with Crippen molar-refractivity contribution in [3.63, 3.8) is 0 Å². The van der Waals surface area contributed by atoms with Crippen molar-refractivity contribution < 1.29 is 23.8 Å². The summed E-state index contributed by atoms with van der Waals surface area (Å²) in [6.07, 6.45) is 1.40. The van der Waals surface area contributed by atoms with E-state index in [0.29, 0.717) is 30.9 Å².